The second-order valence-electron chi connectivity index (χ2n) is 9.59. The van der Waals surface area contributed by atoms with Crippen LogP contribution >= 0.6 is 22.7 Å². The van der Waals surface area contributed by atoms with Crippen LogP contribution in [0, 0.1) is 6.92 Å². The van der Waals surface area contributed by atoms with E-state index in [2.05, 4.69) is 16.0 Å². The Labute approximate surface area is 225 Å². The first-order chi connectivity index (χ1) is 17.2. The predicted molar refractivity (Wildman–Crippen MR) is 145 cm³/mol. The number of aryl methyl sites for hydroxylation is 1. The van der Waals surface area contributed by atoms with E-state index in [-0.39, 0.29) is 30.3 Å². The van der Waals surface area contributed by atoms with Gasteiger partial charge >= 0.3 is 23.9 Å². The third-order valence-electron chi connectivity index (χ3n) is 4.80. The number of ether oxygens (including phenoxy) is 3. The molecule has 0 aliphatic carbocycles. The van der Waals surface area contributed by atoms with Gasteiger partial charge in [-0.25, -0.2) is 19.2 Å². The van der Waals surface area contributed by atoms with E-state index in [1.807, 2.05) is 12.3 Å². The Hall–Kier alpha value is -3.12. The van der Waals surface area contributed by atoms with Crippen molar-refractivity contribution >= 4 is 56.6 Å². The first-order valence-electron chi connectivity index (χ1n) is 11.8. The Morgan fingerprint density at radius 3 is 2.00 bits per heavy atom. The third-order valence-corrected chi connectivity index (χ3v) is 6.80. The molecule has 204 valence electrons. The monoisotopic (exact) mass is 553 g/mol. The van der Waals surface area contributed by atoms with Gasteiger partial charge in [0.15, 0.2) is 0 Å². The van der Waals surface area contributed by atoms with Gasteiger partial charge in [-0.15, -0.1) is 22.7 Å². The van der Waals surface area contributed by atoms with Crippen LogP contribution in [0.1, 0.15) is 80.3 Å². The summed E-state index contributed by atoms with van der Waals surface area (Å²) >= 11 is 2.50. The number of carbonyl (C=O) groups excluding carboxylic acids is 4. The van der Waals surface area contributed by atoms with Crippen LogP contribution in [0.3, 0.4) is 0 Å². The summed E-state index contributed by atoms with van der Waals surface area (Å²) in [5.41, 5.74) is -0.0335. The molecule has 2 amide bonds. The highest BCUT2D eigenvalue weighted by atomic mass is 32.1. The van der Waals surface area contributed by atoms with E-state index in [9.17, 15) is 19.2 Å². The van der Waals surface area contributed by atoms with Crippen molar-refractivity contribution in [1.29, 1.82) is 0 Å². The van der Waals surface area contributed by atoms with Crippen molar-refractivity contribution in [2.45, 2.75) is 73.1 Å². The van der Waals surface area contributed by atoms with Crippen molar-refractivity contribution < 1.29 is 33.4 Å². The number of thiophene rings is 2. The minimum Gasteiger partial charge on any atom is -0.462 e. The molecule has 0 aliphatic rings. The van der Waals surface area contributed by atoms with E-state index >= 15 is 0 Å². The van der Waals surface area contributed by atoms with Gasteiger partial charge < -0.3 is 24.8 Å². The quantitative estimate of drug-likeness (QED) is 0.266. The van der Waals surface area contributed by atoms with Gasteiger partial charge in [-0.2, -0.15) is 0 Å². The molecule has 2 aromatic heterocycles. The number of nitrogens with one attached hydrogen (secondary N) is 3. The molecule has 0 spiro atoms. The predicted octanol–water partition coefficient (Wildman–Crippen LogP) is 5.33. The van der Waals surface area contributed by atoms with Gasteiger partial charge in [0.1, 0.15) is 21.1 Å². The summed E-state index contributed by atoms with van der Waals surface area (Å²) in [7, 11) is 0. The lowest BCUT2D eigenvalue weighted by Gasteiger charge is -2.29. The number of rotatable bonds is 10. The number of hydrogen-bond donors (Lipinski definition) is 3. The molecule has 37 heavy (non-hydrogen) atoms. The third kappa shape index (κ3) is 8.19. The Balaban J connectivity index is 2.23. The Morgan fingerprint density at radius 2 is 1.43 bits per heavy atom. The highest BCUT2D eigenvalue weighted by Crippen LogP contribution is 2.33. The fourth-order valence-corrected chi connectivity index (χ4v) is 5.00. The maximum atomic E-state index is 12.8. The van der Waals surface area contributed by atoms with E-state index in [1.54, 1.807) is 40.0 Å². The minimum absolute atomic E-state index is 0.149. The van der Waals surface area contributed by atoms with Crippen molar-refractivity contribution in [3.63, 3.8) is 0 Å². The molecule has 0 atom stereocenters. The minimum atomic E-state index is -1.32. The molecular weight excluding hydrogens is 518 g/mol. The van der Waals surface area contributed by atoms with Gasteiger partial charge in [-0.1, -0.05) is 0 Å². The molecule has 0 saturated heterocycles. The number of carbonyl (C=O) groups is 4. The molecule has 0 unspecified atom stereocenters. The number of esters is 3. The van der Waals surface area contributed by atoms with Gasteiger partial charge in [0.2, 0.25) is 0 Å². The van der Waals surface area contributed by atoms with Crippen molar-refractivity contribution in [1.82, 2.24) is 5.32 Å². The zero-order chi connectivity index (χ0) is 28.0. The van der Waals surface area contributed by atoms with Crippen LogP contribution in [-0.4, -0.2) is 48.3 Å². The molecule has 2 heterocycles. The topological polar surface area (TPSA) is 132 Å². The number of urea groups is 1. The summed E-state index contributed by atoms with van der Waals surface area (Å²) in [6.07, 6.45) is 0. The number of amides is 2. The summed E-state index contributed by atoms with van der Waals surface area (Å²) in [4.78, 5) is 50.4. The van der Waals surface area contributed by atoms with Crippen LogP contribution in [0.25, 0.3) is 0 Å². The van der Waals surface area contributed by atoms with Crippen molar-refractivity contribution in [3.05, 3.63) is 33.0 Å². The fraction of sp³-hybridized carbons (Fsp3) is 0.520. The standard InChI is InChI=1S/C25H35N3O7S2/c1-9-33-20(29)16-14(3)12-36-18(16)26-11-15-13-37-19(17(15)21(30)34-10-2)27-23(32)28-25(7,8)22(31)35-24(4,5)6/h12-13,26H,9-11H2,1-8H3,(H2,27,28,32). The second-order valence-corrected chi connectivity index (χ2v) is 11.3. The van der Waals surface area contributed by atoms with E-state index in [0.29, 0.717) is 16.1 Å². The fourth-order valence-electron chi connectivity index (χ4n) is 3.12. The van der Waals surface area contributed by atoms with Gasteiger partial charge in [0.25, 0.3) is 0 Å². The lowest BCUT2D eigenvalue weighted by Crippen LogP contribution is -2.53. The second kappa shape index (κ2) is 12.4. The molecule has 2 aromatic rings. The summed E-state index contributed by atoms with van der Waals surface area (Å²) < 4.78 is 15.7. The molecule has 2 rings (SSSR count). The Kier molecular flexibility index (Phi) is 10.1. The molecule has 3 N–H and O–H groups in total. The molecular formula is C25H35N3O7S2. The summed E-state index contributed by atoms with van der Waals surface area (Å²) in [5, 5.41) is 12.9. The first-order valence-corrected chi connectivity index (χ1v) is 13.5. The van der Waals surface area contributed by atoms with Crippen LogP contribution in [0.5, 0.6) is 0 Å². The molecule has 0 bridgehead atoms. The van der Waals surface area contributed by atoms with Gasteiger partial charge in [-0.05, 0) is 77.3 Å². The molecule has 0 aliphatic heterocycles. The van der Waals surface area contributed by atoms with Crippen molar-refractivity contribution in [3.8, 4) is 0 Å². The summed E-state index contributed by atoms with van der Waals surface area (Å²) in [6, 6.07) is -0.679. The molecule has 0 aromatic carbocycles. The lowest BCUT2D eigenvalue weighted by molar-refractivity contribution is -0.161. The molecule has 0 fully saturated rings. The normalized spacial score (nSPS) is 11.5. The molecule has 0 radical (unpaired) electrons. The van der Waals surface area contributed by atoms with Gasteiger partial charge in [0.05, 0.1) is 24.3 Å². The van der Waals surface area contributed by atoms with Crippen LogP contribution in [0.15, 0.2) is 10.8 Å². The van der Waals surface area contributed by atoms with Gasteiger partial charge in [-0.3, -0.25) is 5.32 Å². The van der Waals surface area contributed by atoms with Gasteiger partial charge in [0, 0.05) is 6.54 Å². The van der Waals surface area contributed by atoms with Crippen LogP contribution in [0.4, 0.5) is 14.8 Å². The van der Waals surface area contributed by atoms with Crippen LogP contribution in [-0.2, 0) is 25.5 Å². The molecule has 10 nitrogen and oxygen atoms in total. The average molecular weight is 554 g/mol. The molecule has 12 heteroatoms. The van der Waals surface area contributed by atoms with Crippen LogP contribution < -0.4 is 16.0 Å². The van der Waals surface area contributed by atoms with E-state index in [4.69, 9.17) is 14.2 Å². The van der Waals surface area contributed by atoms with E-state index < -0.39 is 35.1 Å². The zero-order valence-corrected chi connectivity index (χ0v) is 24.1. The average Bonchev–Trinajstić information content (AvgIpc) is 3.33. The highest BCUT2D eigenvalue weighted by Gasteiger charge is 2.34. The maximum Gasteiger partial charge on any atom is 0.341 e. The Bertz CT molecular complexity index is 1150. The SMILES string of the molecule is CCOC(=O)c1c(C)csc1NCc1csc(NC(=O)NC(C)(C)C(=O)OC(C)(C)C)c1C(=O)OCC. The van der Waals surface area contributed by atoms with Crippen molar-refractivity contribution in [2.24, 2.45) is 0 Å². The zero-order valence-electron chi connectivity index (χ0n) is 22.5. The van der Waals surface area contributed by atoms with E-state index in [0.717, 1.165) is 16.9 Å². The number of hydrogen-bond acceptors (Lipinski definition) is 10. The first kappa shape index (κ1) is 30.1. The smallest absolute Gasteiger partial charge is 0.341 e. The largest absolute Gasteiger partial charge is 0.462 e. The highest BCUT2D eigenvalue weighted by molar-refractivity contribution is 7.15. The van der Waals surface area contributed by atoms with E-state index in [1.165, 1.54) is 25.2 Å². The summed E-state index contributed by atoms with van der Waals surface area (Å²) in [6.45, 7) is 14.1. The van der Waals surface area contributed by atoms with Crippen LogP contribution in [0.2, 0.25) is 0 Å². The Morgan fingerprint density at radius 1 is 0.865 bits per heavy atom. The molecule has 0 saturated carbocycles. The van der Waals surface area contributed by atoms with Crippen molar-refractivity contribution in [2.75, 3.05) is 23.8 Å². The maximum absolute atomic E-state index is 12.8. The number of anilines is 2. The summed E-state index contributed by atoms with van der Waals surface area (Å²) in [5.74, 6) is -1.62. The lowest BCUT2D eigenvalue weighted by atomic mass is 10.1.